The van der Waals surface area contributed by atoms with Crippen LogP contribution in [0.15, 0.2) is 0 Å². The normalized spacial score (nSPS) is 4.00. The van der Waals surface area contributed by atoms with Crippen LogP contribution in [0.1, 0.15) is 0 Å². The molecule has 0 fully saturated rings. The molecule has 0 spiro atoms. The molecule has 12 heavy (non-hydrogen) atoms. The van der Waals surface area contributed by atoms with Gasteiger partial charge in [0.2, 0.25) is 0 Å². The zero-order valence-corrected chi connectivity index (χ0v) is 6.86. The molecule has 0 saturated heterocycles. The van der Waals surface area contributed by atoms with Crippen LogP contribution in [0.4, 0.5) is 4.79 Å². The van der Waals surface area contributed by atoms with Crippen LogP contribution in [0, 0.1) is 10.1 Å². The predicted molar refractivity (Wildman–Crippen MR) is 41.7 cm³/mol. The van der Waals surface area contributed by atoms with Crippen molar-refractivity contribution in [3.8, 4) is 0 Å². The number of nitrogens with zero attached hydrogens (tertiary/aromatic N) is 1. The molecule has 80 valence electrons. The van der Waals surface area contributed by atoms with Gasteiger partial charge < -0.3 is 33.9 Å². The van der Waals surface area contributed by atoms with E-state index in [0.717, 1.165) is 0 Å². The van der Waals surface area contributed by atoms with Crippen LogP contribution < -0.4 is 18.5 Å². The van der Waals surface area contributed by atoms with Crippen molar-refractivity contribution in [2.75, 3.05) is 0 Å². The summed E-state index contributed by atoms with van der Waals surface area (Å²) in [6.07, 6.45) is -1.83. The maximum Gasteiger partial charge on any atom is 0.503 e. The van der Waals surface area contributed by atoms with Gasteiger partial charge >= 0.3 is 6.16 Å². The van der Waals surface area contributed by atoms with E-state index in [0.29, 0.717) is 0 Å². The summed E-state index contributed by atoms with van der Waals surface area (Å²) in [6, 6.07) is 0. The molecule has 0 aliphatic rings. The summed E-state index contributed by atoms with van der Waals surface area (Å²) in [5.41, 5.74) is 0. The average Bonchev–Trinajstić information content (AvgIpc) is 1.25. The highest BCUT2D eigenvalue weighted by Crippen LogP contribution is 1.42. The van der Waals surface area contributed by atoms with Crippen LogP contribution in [-0.2, 0) is 0 Å². The van der Waals surface area contributed by atoms with Crippen molar-refractivity contribution >= 4 is 18.6 Å². The second-order valence-electron chi connectivity index (χ2n) is 0.520. The summed E-state index contributed by atoms with van der Waals surface area (Å²) in [5.74, 6) is 0. The van der Waals surface area contributed by atoms with Gasteiger partial charge in [0, 0.05) is 0 Å². The Morgan fingerprint density at radius 2 is 1.17 bits per heavy atom. The molecule has 0 rings (SSSR count). The average molecular weight is 213 g/mol. The quantitative estimate of drug-likeness (QED) is 0.246. The van der Waals surface area contributed by atoms with E-state index >= 15 is 0 Å². The Morgan fingerprint density at radius 1 is 1.17 bits per heavy atom. The first-order chi connectivity index (χ1) is 3.46. The monoisotopic (exact) mass is 212 g/mol. The van der Waals surface area contributed by atoms with E-state index in [-0.39, 0.29) is 30.9 Å². The maximum absolute atomic E-state index is 8.56. The van der Waals surface area contributed by atoms with Crippen molar-refractivity contribution in [1.82, 2.24) is 18.5 Å². The third kappa shape index (κ3) is 273. The molecule has 0 amide bonds. The maximum atomic E-state index is 8.56. The molecule has 0 atom stereocenters. The lowest BCUT2D eigenvalue weighted by atomic mass is 11.5. The first-order valence-electron chi connectivity index (χ1n) is 1.22. The molecular weight excluding hydrogens is 199 g/mol. The summed E-state index contributed by atoms with van der Waals surface area (Å²) in [5, 5.41) is 27.6. The van der Waals surface area contributed by atoms with Gasteiger partial charge in [-0.25, -0.2) is 4.79 Å². The van der Waals surface area contributed by atoms with E-state index in [1.807, 2.05) is 0 Å². The van der Waals surface area contributed by atoms with Gasteiger partial charge in [-0.2, -0.15) is 0 Å². The molecule has 0 aliphatic heterocycles. The van der Waals surface area contributed by atoms with Gasteiger partial charge in [-0.3, -0.25) is 0 Å². The summed E-state index contributed by atoms with van der Waals surface area (Å²) in [6.45, 7) is 0. The fraction of sp³-hybridized carbons (Fsp3) is 0. The molecule has 0 aromatic rings. The number of carboxylic acid groups (broad SMARTS) is 2. The minimum Gasteiger partial charge on any atom is -0.450 e. The molecule has 0 aliphatic carbocycles. The highest BCUT2D eigenvalue weighted by atomic mass is 35.5. The Labute approximate surface area is 73.5 Å². The number of rotatable bonds is 0. The second kappa shape index (κ2) is 33.4. The van der Waals surface area contributed by atoms with E-state index in [4.69, 9.17) is 30.3 Å². The van der Waals surface area contributed by atoms with Gasteiger partial charge in [0.1, 0.15) is 0 Å². The lowest BCUT2D eigenvalue weighted by molar-refractivity contribution is -0.742. The molecule has 0 bridgehead atoms. The lowest BCUT2D eigenvalue weighted by Crippen LogP contribution is -1.81. The Morgan fingerprint density at radius 3 is 1.17 bits per heavy atom. The lowest BCUT2D eigenvalue weighted by Gasteiger charge is -1.60. The van der Waals surface area contributed by atoms with Crippen LogP contribution >= 0.6 is 12.4 Å². The minimum absolute atomic E-state index is 0. The van der Waals surface area contributed by atoms with Gasteiger partial charge in [0.15, 0.2) is 0 Å². The molecule has 0 radical (unpaired) electrons. The van der Waals surface area contributed by atoms with Crippen LogP contribution in [0.3, 0.4) is 0 Å². The second-order valence-corrected chi connectivity index (χ2v) is 0.520. The standard InChI is InChI=1S/CH2O3.ClH.HNO3.3H3N/c2-1(3)4;;2-1(3)4;;;/h(H2,2,3,4);1H;(H,2,3,4);3*1H3. The van der Waals surface area contributed by atoms with Crippen LogP contribution in [0.25, 0.3) is 0 Å². The molecular formula is CH13ClN4O6. The van der Waals surface area contributed by atoms with Crippen LogP contribution in [0.5, 0.6) is 0 Å². The number of hydrogen-bond acceptors (Lipinski definition) is 6. The zero-order chi connectivity index (χ0) is 7.15. The van der Waals surface area contributed by atoms with E-state index in [1.54, 1.807) is 0 Å². The predicted octanol–water partition coefficient (Wildman–Crippen LogP) is 0.782. The number of carbonyl (C=O) groups is 1. The first kappa shape index (κ1) is 45.9. The van der Waals surface area contributed by atoms with Crippen molar-refractivity contribution in [3.05, 3.63) is 10.1 Å². The number of halogens is 1. The Balaban J connectivity index is -0.0000000112. The summed E-state index contributed by atoms with van der Waals surface area (Å²) in [4.78, 5) is 16.9. The topological polar surface area (TPSA) is 226 Å². The number of hydrogen-bond donors (Lipinski definition) is 6. The third-order valence-corrected chi connectivity index (χ3v) is 0. The molecule has 0 unspecified atom stereocenters. The van der Waals surface area contributed by atoms with E-state index in [1.165, 1.54) is 0 Å². The third-order valence-electron chi connectivity index (χ3n) is 0. The van der Waals surface area contributed by atoms with Crippen LogP contribution in [0.2, 0.25) is 0 Å². The van der Waals surface area contributed by atoms with E-state index in [2.05, 4.69) is 0 Å². The molecule has 0 aromatic heterocycles. The van der Waals surface area contributed by atoms with E-state index < -0.39 is 11.2 Å². The van der Waals surface area contributed by atoms with Crippen molar-refractivity contribution in [1.29, 1.82) is 0 Å². The van der Waals surface area contributed by atoms with E-state index in [9.17, 15) is 0 Å². The molecule has 11 heteroatoms. The molecule has 0 saturated carbocycles. The fourth-order valence-electron chi connectivity index (χ4n) is 0. The molecule has 0 heterocycles. The smallest absolute Gasteiger partial charge is 0.450 e. The SMILES string of the molecule is Cl.N.N.N.O=C(O)O.O=[N+]([O-])O. The largest absolute Gasteiger partial charge is 0.503 e. The van der Waals surface area contributed by atoms with Crippen LogP contribution in [-0.4, -0.2) is 26.7 Å². The minimum atomic E-state index is -1.83. The Bertz CT molecular complexity index is 77.5. The van der Waals surface area contributed by atoms with Gasteiger partial charge in [0.25, 0.3) is 5.09 Å². The molecule has 12 N–H and O–H groups in total. The summed E-state index contributed by atoms with van der Waals surface area (Å²) >= 11 is 0. The van der Waals surface area contributed by atoms with Gasteiger partial charge in [-0.15, -0.1) is 22.5 Å². The van der Waals surface area contributed by atoms with Gasteiger partial charge in [-0.1, -0.05) is 0 Å². The van der Waals surface area contributed by atoms with Crippen molar-refractivity contribution in [3.63, 3.8) is 0 Å². The first-order valence-corrected chi connectivity index (χ1v) is 1.22. The van der Waals surface area contributed by atoms with Gasteiger partial charge in [0.05, 0.1) is 0 Å². The molecule has 0 aromatic carbocycles. The summed E-state index contributed by atoms with van der Waals surface area (Å²) in [7, 11) is 0. The Kier molecular flexibility index (Phi) is 128. The zero-order valence-electron chi connectivity index (χ0n) is 6.04. The molecule has 10 nitrogen and oxygen atoms in total. The summed E-state index contributed by atoms with van der Waals surface area (Å²) < 4.78 is 0. The highest BCUT2D eigenvalue weighted by Gasteiger charge is 1.70. The van der Waals surface area contributed by atoms with Crippen molar-refractivity contribution in [2.45, 2.75) is 0 Å². The Hall–Kier alpha value is -1.36. The van der Waals surface area contributed by atoms with Gasteiger partial charge in [-0.05, 0) is 0 Å². The highest BCUT2D eigenvalue weighted by molar-refractivity contribution is 5.85. The van der Waals surface area contributed by atoms with Crippen molar-refractivity contribution < 1.29 is 25.3 Å². The fourth-order valence-corrected chi connectivity index (χ4v) is 0. The van der Waals surface area contributed by atoms with Crippen molar-refractivity contribution in [2.24, 2.45) is 0 Å².